The zero-order valence-corrected chi connectivity index (χ0v) is 14.3. The minimum Gasteiger partial charge on any atom is -0.493 e. The van der Waals surface area contributed by atoms with Gasteiger partial charge in [0.25, 0.3) is 11.8 Å². The highest BCUT2D eigenvalue weighted by Gasteiger charge is 2.11. The predicted octanol–water partition coefficient (Wildman–Crippen LogP) is 2.47. The fourth-order valence-electron chi connectivity index (χ4n) is 2.02. The van der Waals surface area contributed by atoms with E-state index < -0.39 is 11.8 Å². The summed E-state index contributed by atoms with van der Waals surface area (Å²) in [5, 5.41) is 0. The van der Waals surface area contributed by atoms with Crippen LogP contribution in [-0.4, -0.2) is 25.5 Å². The molecule has 0 fully saturated rings. The smallest absolute Gasteiger partial charge is 0.269 e. The number of hydrazine groups is 1. The number of carbonyl (C=O) groups is 2. The first-order valence-electron chi connectivity index (χ1n) is 7.69. The molecule has 0 spiro atoms. The summed E-state index contributed by atoms with van der Waals surface area (Å²) in [7, 11) is 1.49. The van der Waals surface area contributed by atoms with Crippen molar-refractivity contribution in [3.05, 3.63) is 53.5 Å². The summed E-state index contributed by atoms with van der Waals surface area (Å²) in [6, 6.07) is 8.28. The van der Waals surface area contributed by atoms with Crippen LogP contribution in [0.15, 0.2) is 40.8 Å². The van der Waals surface area contributed by atoms with E-state index in [4.69, 9.17) is 13.9 Å². The van der Waals surface area contributed by atoms with Gasteiger partial charge in [0, 0.05) is 11.6 Å². The topological polar surface area (TPSA) is 89.8 Å². The van der Waals surface area contributed by atoms with Gasteiger partial charge < -0.3 is 13.9 Å². The van der Waals surface area contributed by atoms with Crippen LogP contribution >= 0.6 is 0 Å². The Balaban J connectivity index is 1.93. The number of nitrogens with one attached hydrogen (secondary N) is 2. The molecule has 1 aromatic heterocycles. The lowest BCUT2D eigenvalue weighted by atomic mass is 10.2. The monoisotopic (exact) mass is 344 g/mol. The molecule has 1 heterocycles. The predicted molar refractivity (Wildman–Crippen MR) is 92.3 cm³/mol. The van der Waals surface area contributed by atoms with Gasteiger partial charge in [-0.25, -0.2) is 0 Å². The van der Waals surface area contributed by atoms with Gasteiger partial charge in [0.15, 0.2) is 11.5 Å². The van der Waals surface area contributed by atoms with E-state index in [1.807, 2.05) is 13.8 Å². The number of furan rings is 1. The number of amides is 2. The fraction of sp³-hybridized carbons (Fsp3) is 0.222. The molecule has 2 amide bonds. The van der Waals surface area contributed by atoms with E-state index in [0.29, 0.717) is 29.4 Å². The van der Waals surface area contributed by atoms with Gasteiger partial charge in [-0.15, -0.1) is 0 Å². The SMILES string of the molecule is CCOc1ccc(C(=O)NNC(=O)/C=C/c2ccc(C)o2)cc1OC. The second kappa shape index (κ2) is 8.58. The van der Waals surface area contributed by atoms with Crippen LogP contribution in [0, 0.1) is 6.92 Å². The van der Waals surface area contributed by atoms with E-state index in [2.05, 4.69) is 10.9 Å². The minimum atomic E-state index is -0.486. The van der Waals surface area contributed by atoms with Gasteiger partial charge in [0.2, 0.25) is 0 Å². The lowest BCUT2D eigenvalue weighted by molar-refractivity contribution is -0.117. The van der Waals surface area contributed by atoms with Crippen molar-refractivity contribution in [3.8, 4) is 11.5 Å². The lowest BCUT2D eigenvalue weighted by Crippen LogP contribution is -2.40. The quantitative estimate of drug-likeness (QED) is 0.621. The maximum atomic E-state index is 12.1. The molecule has 0 unspecified atom stereocenters. The number of methoxy groups -OCH3 is 1. The van der Waals surface area contributed by atoms with Crippen molar-refractivity contribution in [3.63, 3.8) is 0 Å². The van der Waals surface area contributed by atoms with Crippen LogP contribution < -0.4 is 20.3 Å². The summed E-state index contributed by atoms with van der Waals surface area (Å²) in [6.07, 6.45) is 2.77. The first-order valence-corrected chi connectivity index (χ1v) is 7.69. The van der Waals surface area contributed by atoms with Crippen molar-refractivity contribution < 1.29 is 23.5 Å². The zero-order valence-electron chi connectivity index (χ0n) is 14.3. The number of aryl methyl sites for hydroxylation is 1. The normalized spacial score (nSPS) is 10.5. The van der Waals surface area contributed by atoms with Crippen molar-refractivity contribution in [2.45, 2.75) is 13.8 Å². The Morgan fingerprint density at radius 1 is 1.16 bits per heavy atom. The summed E-state index contributed by atoms with van der Waals surface area (Å²) in [4.78, 5) is 23.8. The van der Waals surface area contributed by atoms with Gasteiger partial charge in [-0.1, -0.05) is 0 Å². The summed E-state index contributed by atoms with van der Waals surface area (Å²) in [5.41, 5.74) is 4.95. The van der Waals surface area contributed by atoms with Gasteiger partial charge in [-0.2, -0.15) is 0 Å². The molecule has 0 aliphatic heterocycles. The molecule has 0 aliphatic carbocycles. The molecule has 7 heteroatoms. The van der Waals surface area contributed by atoms with E-state index in [1.54, 1.807) is 24.3 Å². The average molecular weight is 344 g/mol. The third-order valence-electron chi connectivity index (χ3n) is 3.19. The van der Waals surface area contributed by atoms with Crippen LogP contribution in [0.3, 0.4) is 0 Å². The Hall–Kier alpha value is -3.22. The van der Waals surface area contributed by atoms with Crippen molar-refractivity contribution >= 4 is 17.9 Å². The highest BCUT2D eigenvalue weighted by molar-refractivity contribution is 5.98. The molecule has 0 saturated heterocycles. The molecule has 2 N–H and O–H groups in total. The molecule has 1 aromatic carbocycles. The molecule has 2 aromatic rings. The Morgan fingerprint density at radius 3 is 2.60 bits per heavy atom. The Morgan fingerprint density at radius 2 is 1.96 bits per heavy atom. The standard InChI is InChI=1S/C18H20N2O5/c1-4-24-15-9-6-13(11-16(15)23-3)18(22)20-19-17(21)10-8-14-7-5-12(2)25-14/h5-11H,4H2,1-3H3,(H,19,21)(H,20,22)/b10-8+. The number of carbonyl (C=O) groups excluding carboxylic acids is 2. The molecular formula is C18H20N2O5. The van der Waals surface area contributed by atoms with Crippen molar-refractivity contribution in [2.75, 3.05) is 13.7 Å². The second-order valence-corrected chi connectivity index (χ2v) is 5.02. The molecular weight excluding hydrogens is 324 g/mol. The van der Waals surface area contributed by atoms with Crippen LogP contribution in [0.1, 0.15) is 28.8 Å². The van der Waals surface area contributed by atoms with E-state index >= 15 is 0 Å². The summed E-state index contributed by atoms with van der Waals surface area (Å²) < 4.78 is 15.9. The molecule has 2 rings (SSSR count). The molecule has 25 heavy (non-hydrogen) atoms. The Bertz CT molecular complexity index is 780. The van der Waals surface area contributed by atoms with E-state index in [1.165, 1.54) is 25.3 Å². The number of benzene rings is 1. The van der Waals surface area contributed by atoms with E-state index in [-0.39, 0.29) is 0 Å². The van der Waals surface area contributed by atoms with Gasteiger partial charge in [-0.05, 0) is 50.3 Å². The molecule has 0 saturated carbocycles. The minimum absolute atomic E-state index is 0.325. The van der Waals surface area contributed by atoms with Gasteiger partial charge in [0.05, 0.1) is 13.7 Å². The first kappa shape index (κ1) is 18.1. The van der Waals surface area contributed by atoms with Crippen LogP contribution in [0.25, 0.3) is 6.08 Å². The fourth-order valence-corrected chi connectivity index (χ4v) is 2.02. The largest absolute Gasteiger partial charge is 0.493 e. The van der Waals surface area contributed by atoms with E-state index in [9.17, 15) is 9.59 Å². The summed E-state index contributed by atoms with van der Waals surface area (Å²) in [6.45, 7) is 4.15. The van der Waals surface area contributed by atoms with Crippen molar-refractivity contribution in [1.82, 2.24) is 10.9 Å². The molecule has 0 bridgehead atoms. The molecule has 7 nitrogen and oxygen atoms in total. The Kier molecular flexibility index (Phi) is 6.22. The molecule has 0 radical (unpaired) electrons. The maximum Gasteiger partial charge on any atom is 0.269 e. The van der Waals surface area contributed by atoms with E-state index in [0.717, 1.165) is 5.76 Å². The van der Waals surface area contributed by atoms with Gasteiger partial charge in [0.1, 0.15) is 11.5 Å². The maximum absolute atomic E-state index is 12.1. The molecule has 132 valence electrons. The number of hydrogen-bond donors (Lipinski definition) is 2. The first-order chi connectivity index (χ1) is 12.0. The zero-order chi connectivity index (χ0) is 18.2. The lowest BCUT2D eigenvalue weighted by Gasteiger charge is -2.11. The highest BCUT2D eigenvalue weighted by atomic mass is 16.5. The average Bonchev–Trinajstić information content (AvgIpc) is 3.03. The third kappa shape index (κ3) is 5.13. The van der Waals surface area contributed by atoms with Crippen molar-refractivity contribution in [2.24, 2.45) is 0 Å². The van der Waals surface area contributed by atoms with Crippen LogP contribution in [0.2, 0.25) is 0 Å². The number of rotatable bonds is 6. The third-order valence-corrected chi connectivity index (χ3v) is 3.19. The molecule has 0 aliphatic rings. The van der Waals surface area contributed by atoms with Crippen molar-refractivity contribution in [1.29, 1.82) is 0 Å². The summed E-state index contributed by atoms with van der Waals surface area (Å²) >= 11 is 0. The number of ether oxygens (including phenoxy) is 2. The van der Waals surface area contributed by atoms with Crippen LogP contribution in [0.5, 0.6) is 11.5 Å². The van der Waals surface area contributed by atoms with Crippen LogP contribution in [-0.2, 0) is 4.79 Å². The van der Waals surface area contributed by atoms with Gasteiger partial charge >= 0.3 is 0 Å². The number of hydrogen-bond acceptors (Lipinski definition) is 5. The second-order valence-electron chi connectivity index (χ2n) is 5.02. The van der Waals surface area contributed by atoms with Gasteiger partial charge in [-0.3, -0.25) is 20.4 Å². The highest BCUT2D eigenvalue weighted by Crippen LogP contribution is 2.27. The molecule has 0 atom stereocenters. The van der Waals surface area contributed by atoms with Crippen LogP contribution in [0.4, 0.5) is 0 Å². The summed E-state index contributed by atoms with van der Waals surface area (Å²) in [5.74, 6) is 1.32. The Labute approximate surface area is 145 Å².